The first-order chi connectivity index (χ1) is 14.1. The Kier molecular flexibility index (Phi) is 6.37. The zero-order chi connectivity index (χ0) is 20.8. The summed E-state index contributed by atoms with van der Waals surface area (Å²) < 4.78 is 21.3. The van der Waals surface area contributed by atoms with Gasteiger partial charge in [0.25, 0.3) is 0 Å². The van der Waals surface area contributed by atoms with Crippen LogP contribution in [0.25, 0.3) is 22.9 Å². The van der Waals surface area contributed by atoms with Gasteiger partial charge in [-0.2, -0.15) is 5.26 Å². The minimum atomic E-state index is 0.431. The van der Waals surface area contributed by atoms with E-state index in [9.17, 15) is 5.26 Å². The molecule has 0 spiro atoms. The van der Waals surface area contributed by atoms with Crippen LogP contribution in [0.1, 0.15) is 10.6 Å². The molecule has 0 aliphatic rings. The van der Waals surface area contributed by atoms with E-state index >= 15 is 0 Å². The van der Waals surface area contributed by atoms with Gasteiger partial charge in [0, 0.05) is 22.6 Å². The molecule has 0 saturated carbocycles. The van der Waals surface area contributed by atoms with Crippen molar-refractivity contribution < 1.29 is 18.9 Å². The second-order valence-corrected chi connectivity index (χ2v) is 6.74. The second kappa shape index (κ2) is 9.13. The summed E-state index contributed by atoms with van der Waals surface area (Å²) in [4.78, 5) is 4.63. The number of hydrogen-bond donors (Lipinski definition) is 0. The average Bonchev–Trinajstić information content (AvgIpc) is 3.26. The molecule has 29 heavy (non-hydrogen) atoms. The molecule has 7 heteroatoms. The lowest BCUT2D eigenvalue weighted by atomic mass is 10.1. The molecule has 0 bridgehead atoms. The van der Waals surface area contributed by atoms with Crippen LogP contribution in [0.3, 0.4) is 0 Å². The molecule has 0 radical (unpaired) electrons. The molecule has 0 unspecified atom stereocenters. The zero-order valence-corrected chi connectivity index (χ0v) is 17.4. The first-order valence-corrected chi connectivity index (χ1v) is 9.53. The Morgan fingerprint density at radius 2 is 1.59 bits per heavy atom. The van der Waals surface area contributed by atoms with Gasteiger partial charge in [-0.3, -0.25) is 0 Å². The summed E-state index contributed by atoms with van der Waals surface area (Å²) in [5.41, 5.74) is 2.88. The van der Waals surface area contributed by atoms with Crippen molar-refractivity contribution in [2.24, 2.45) is 0 Å². The van der Waals surface area contributed by atoms with E-state index in [1.165, 1.54) is 11.3 Å². The molecule has 0 amide bonds. The average molecular weight is 408 g/mol. The third kappa shape index (κ3) is 4.33. The predicted molar refractivity (Wildman–Crippen MR) is 114 cm³/mol. The number of hydrogen-bond acceptors (Lipinski definition) is 7. The Bertz CT molecular complexity index is 1070. The molecule has 6 nitrogen and oxygen atoms in total. The normalized spacial score (nSPS) is 10.9. The smallest absolute Gasteiger partial charge is 0.164 e. The van der Waals surface area contributed by atoms with Gasteiger partial charge in [-0.05, 0) is 36.4 Å². The molecule has 0 fully saturated rings. The quantitative estimate of drug-likeness (QED) is 0.517. The maximum absolute atomic E-state index is 9.71. The number of nitriles is 1. The highest BCUT2D eigenvalue weighted by molar-refractivity contribution is 7.11. The monoisotopic (exact) mass is 408 g/mol. The van der Waals surface area contributed by atoms with E-state index in [1.807, 2.05) is 29.6 Å². The van der Waals surface area contributed by atoms with E-state index in [4.69, 9.17) is 18.9 Å². The van der Waals surface area contributed by atoms with E-state index in [2.05, 4.69) is 11.1 Å². The molecule has 0 saturated heterocycles. The highest BCUT2D eigenvalue weighted by Crippen LogP contribution is 2.37. The van der Waals surface area contributed by atoms with Crippen molar-refractivity contribution in [2.45, 2.75) is 0 Å². The Morgan fingerprint density at radius 1 is 0.931 bits per heavy atom. The lowest BCUT2D eigenvalue weighted by Crippen LogP contribution is -1.95. The Balaban J connectivity index is 1.99. The molecule has 0 N–H and O–H groups in total. The van der Waals surface area contributed by atoms with Crippen molar-refractivity contribution in [2.75, 3.05) is 28.4 Å². The van der Waals surface area contributed by atoms with Gasteiger partial charge in [0.2, 0.25) is 0 Å². The number of nitrogens with zero attached hydrogens (tertiary/aromatic N) is 2. The highest BCUT2D eigenvalue weighted by atomic mass is 32.1. The lowest BCUT2D eigenvalue weighted by molar-refractivity contribution is 0.348. The van der Waals surface area contributed by atoms with Crippen LogP contribution in [0.5, 0.6) is 23.0 Å². The summed E-state index contributed by atoms with van der Waals surface area (Å²) in [6.45, 7) is 0. The van der Waals surface area contributed by atoms with Crippen LogP contribution in [0.4, 0.5) is 0 Å². The molecular weight excluding hydrogens is 388 g/mol. The van der Waals surface area contributed by atoms with Crippen LogP contribution in [-0.4, -0.2) is 33.4 Å². The van der Waals surface area contributed by atoms with Gasteiger partial charge in [-0.15, -0.1) is 11.3 Å². The van der Waals surface area contributed by atoms with E-state index in [0.29, 0.717) is 33.4 Å². The molecule has 3 rings (SSSR count). The summed E-state index contributed by atoms with van der Waals surface area (Å²) >= 11 is 1.41. The molecule has 0 atom stereocenters. The van der Waals surface area contributed by atoms with Gasteiger partial charge in [-0.25, -0.2) is 4.98 Å². The number of thiazole rings is 1. The molecular formula is C22H20N2O4S. The van der Waals surface area contributed by atoms with Gasteiger partial charge in [-0.1, -0.05) is 0 Å². The maximum atomic E-state index is 9.71. The second-order valence-electron chi connectivity index (χ2n) is 5.89. The van der Waals surface area contributed by atoms with Crippen LogP contribution >= 0.6 is 11.3 Å². The van der Waals surface area contributed by atoms with Crippen LogP contribution in [0.15, 0.2) is 41.8 Å². The molecule has 2 aromatic carbocycles. The predicted octanol–water partition coefficient (Wildman–Crippen LogP) is 4.91. The van der Waals surface area contributed by atoms with E-state index in [-0.39, 0.29) is 0 Å². The van der Waals surface area contributed by atoms with Gasteiger partial charge in [0.15, 0.2) is 11.5 Å². The van der Waals surface area contributed by atoms with Crippen molar-refractivity contribution in [3.63, 3.8) is 0 Å². The van der Waals surface area contributed by atoms with E-state index < -0.39 is 0 Å². The van der Waals surface area contributed by atoms with E-state index in [0.717, 1.165) is 17.0 Å². The zero-order valence-electron chi connectivity index (χ0n) is 16.6. The summed E-state index contributed by atoms with van der Waals surface area (Å²) in [7, 11) is 6.31. The Labute approximate surface area is 173 Å². The molecule has 1 heterocycles. The van der Waals surface area contributed by atoms with Crippen molar-refractivity contribution in [1.29, 1.82) is 5.26 Å². The van der Waals surface area contributed by atoms with Crippen molar-refractivity contribution in [1.82, 2.24) is 4.98 Å². The van der Waals surface area contributed by atoms with Gasteiger partial charge >= 0.3 is 0 Å². The Hall–Kier alpha value is -3.50. The lowest BCUT2D eigenvalue weighted by Gasteiger charge is -2.12. The molecule has 0 aliphatic carbocycles. The number of ether oxygens (including phenoxy) is 4. The fraction of sp³-hybridized carbons (Fsp3) is 0.182. The van der Waals surface area contributed by atoms with Crippen LogP contribution in [0, 0.1) is 11.3 Å². The third-order valence-electron chi connectivity index (χ3n) is 4.28. The highest BCUT2D eigenvalue weighted by Gasteiger charge is 2.14. The first kappa shape index (κ1) is 20.2. The van der Waals surface area contributed by atoms with Crippen LogP contribution in [0.2, 0.25) is 0 Å². The minimum absolute atomic E-state index is 0.431. The van der Waals surface area contributed by atoms with Gasteiger partial charge in [0.05, 0.1) is 39.7 Å². The maximum Gasteiger partial charge on any atom is 0.164 e. The molecule has 3 aromatic rings. The standard InChI is InChI=1S/C22H20N2O4S/c1-25-17-7-5-14(6-8-17)18-13-29-22(24-18)16(12-23)9-15-10-20(27-3)21(28-4)11-19(15)26-2/h5-11,13H,1-4H3. The van der Waals surface area contributed by atoms with Gasteiger partial charge < -0.3 is 18.9 Å². The fourth-order valence-corrected chi connectivity index (χ4v) is 3.55. The summed E-state index contributed by atoms with van der Waals surface area (Å²) in [6, 6.07) is 13.4. The number of methoxy groups -OCH3 is 4. The van der Waals surface area contributed by atoms with Crippen molar-refractivity contribution >= 4 is 23.0 Å². The van der Waals surface area contributed by atoms with Gasteiger partial charge in [0.1, 0.15) is 22.6 Å². The van der Waals surface area contributed by atoms with Crippen molar-refractivity contribution in [3.05, 3.63) is 52.3 Å². The minimum Gasteiger partial charge on any atom is -0.497 e. The Morgan fingerprint density at radius 3 is 2.17 bits per heavy atom. The molecule has 0 aliphatic heterocycles. The molecule has 1 aromatic heterocycles. The SMILES string of the molecule is COc1ccc(-c2csc(C(C#N)=Cc3cc(OC)c(OC)cc3OC)n2)cc1. The number of aromatic nitrogens is 1. The topological polar surface area (TPSA) is 73.6 Å². The fourth-order valence-electron chi connectivity index (χ4n) is 2.75. The van der Waals surface area contributed by atoms with Crippen molar-refractivity contribution in [3.8, 4) is 40.3 Å². The number of allylic oxidation sites excluding steroid dienone is 1. The van der Waals surface area contributed by atoms with Crippen LogP contribution < -0.4 is 18.9 Å². The third-order valence-corrected chi connectivity index (χ3v) is 5.15. The number of rotatable bonds is 7. The molecule has 148 valence electrons. The first-order valence-electron chi connectivity index (χ1n) is 8.65. The summed E-state index contributed by atoms with van der Waals surface area (Å²) in [5.74, 6) is 2.45. The largest absolute Gasteiger partial charge is 0.497 e. The summed E-state index contributed by atoms with van der Waals surface area (Å²) in [5, 5.41) is 12.3. The van der Waals surface area contributed by atoms with E-state index in [1.54, 1.807) is 46.6 Å². The summed E-state index contributed by atoms with van der Waals surface area (Å²) in [6.07, 6.45) is 1.73. The van der Waals surface area contributed by atoms with Crippen LogP contribution in [-0.2, 0) is 0 Å². The number of benzene rings is 2.